The molecule has 0 atom stereocenters. The monoisotopic (exact) mass is 341 g/mol. The molecule has 6 heteroatoms. The van der Waals surface area contributed by atoms with Gasteiger partial charge in [-0.1, -0.05) is 19.9 Å². The van der Waals surface area contributed by atoms with Crippen LogP contribution >= 0.6 is 0 Å². The van der Waals surface area contributed by atoms with Gasteiger partial charge < -0.3 is 15.4 Å². The van der Waals surface area contributed by atoms with Gasteiger partial charge in [0.25, 0.3) is 11.8 Å². The van der Waals surface area contributed by atoms with E-state index >= 15 is 0 Å². The number of nitrogens with one attached hydrogen (secondary N) is 2. The van der Waals surface area contributed by atoms with Crippen molar-refractivity contribution in [2.45, 2.75) is 20.8 Å². The number of aryl methyl sites for hydroxylation is 1. The van der Waals surface area contributed by atoms with Crippen LogP contribution in [0, 0.1) is 12.8 Å². The molecule has 6 nitrogen and oxygen atoms in total. The Morgan fingerprint density at radius 1 is 1.16 bits per heavy atom. The van der Waals surface area contributed by atoms with Gasteiger partial charge in [-0.2, -0.15) is 0 Å². The fourth-order valence-corrected chi connectivity index (χ4v) is 2.20. The van der Waals surface area contributed by atoms with Crippen molar-refractivity contribution in [1.82, 2.24) is 10.3 Å². The number of hydrogen-bond donors (Lipinski definition) is 2. The van der Waals surface area contributed by atoms with Crippen molar-refractivity contribution in [3.05, 3.63) is 53.3 Å². The molecule has 1 heterocycles. The lowest BCUT2D eigenvalue weighted by molar-refractivity contribution is 0.0949. The van der Waals surface area contributed by atoms with Crippen LogP contribution in [0.25, 0.3) is 0 Å². The van der Waals surface area contributed by atoms with Gasteiger partial charge in [0.1, 0.15) is 11.4 Å². The summed E-state index contributed by atoms with van der Waals surface area (Å²) in [6.07, 6.45) is 1.45. The van der Waals surface area contributed by atoms with Gasteiger partial charge in [-0.3, -0.25) is 14.6 Å². The topological polar surface area (TPSA) is 80.3 Å². The smallest absolute Gasteiger partial charge is 0.274 e. The second-order valence-electron chi connectivity index (χ2n) is 6.19. The van der Waals surface area contributed by atoms with E-state index in [0.717, 1.165) is 5.56 Å². The number of ether oxygens (including phenoxy) is 1. The fraction of sp³-hybridized carbons (Fsp3) is 0.316. The minimum absolute atomic E-state index is 0.167. The molecule has 1 aromatic carbocycles. The molecule has 0 radical (unpaired) electrons. The third-order valence-corrected chi connectivity index (χ3v) is 3.53. The molecular formula is C19H23N3O3. The number of nitrogens with zero attached hydrogens (tertiary/aromatic N) is 1. The van der Waals surface area contributed by atoms with Crippen LogP contribution in [0.5, 0.6) is 5.75 Å². The molecule has 2 rings (SSSR count). The number of methoxy groups -OCH3 is 1. The number of rotatable bonds is 6. The Morgan fingerprint density at radius 2 is 1.92 bits per heavy atom. The number of anilines is 1. The Labute approximate surface area is 147 Å². The van der Waals surface area contributed by atoms with E-state index in [4.69, 9.17) is 4.74 Å². The first-order chi connectivity index (χ1) is 11.9. The summed E-state index contributed by atoms with van der Waals surface area (Å²) in [5, 5.41) is 5.60. The first-order valence-electron chi connectivity index (χ1n) is 8.11. The highest BCUT2D eigenvalue weighted by Crippen LogP contribution is 2.25. The molecule has 0 spiro atoms. The van der Waals surface area contributed by atoms with Crippen molar-refractivity contribution >= 4 is 17.5 Å². The van der Waals surface area contributed by atoms with Crippen molar-refractivity contribution in [2.75, 3.05) is 19.0 Å². The molecule has 0 fully saturated rings. The molecule has 132 valence electrons. The van der Waals surface area contributed by atoms with Crippen LogP contribution in [0.4, 0.5) is 5.69 Å². The molecule has 2 amide bonds. The summed E-state index contributed by atoms with van der Waals surface area (Å²) < 4.78 is 5.25. The molecule has 0 aliphatic carbocycles. The van der Waals surface area contributed by atoms with Crippen molar-refractivity contribution < 1.29 is 14.3 Å². The highest BCUT2D eigenvalue weighted by Gasteiger charge is 2.14. The number of hydrogen-bond acceptors (Lipinski definition) is 4. The molecule has 0 aliphatic rings. The zero-order chi connectivity index (χ0) is 18.4. The lowest BCUT2D eigenvalue weighted by Gasteiger charge is -2.11. The van der Waals surface area contributed by atoms with E-state index in [0.29, 0.717) is 29.5 Å². The minimum atomic E-state index is -0.401. The zero-order valence-corrected chi connectivity index (χ0v) is 14.9. The second kappa shape index (κ2) is 8.28. The van der Waals surface area contributed by atoms with Crippen LogP contribution in [-0.4, -0.2) is 30.5 Å². The Morgan fingerprint density at radius 3 is 2.60 bits per heavy atom. The van der Waals surface area contributed by atoms with Crippen LogP contribution in [0.3, 0.4) is 0 Å². The lowest BCUT2D eigenvalue weighted by Crippen LogP contribution is -2.27. The molecular weight excluding hydrogens is 318 g/mol. The molecule has 25 heavy (non-hydrogen) atoms. The Bertz CT molecular complexity index is 772. The number of carbonyl (C=O) groups excluding carboxylic acids is 2. The van der Waals surface area contributed by atoms with Gasteiger partial charge in [0.2, 0.25) is 0 Å². The Balaban J connectivity index is 2.16. The van der Waals surface area contributed by atoms with Crippen LogP contribution in [0.15, 0.2) is 36.5 Å². The summed E-state index contributed by atoms with van der Waals surface area (Å²) in [4.78, 5) is 28.7. The highest BCUT2D eigenvalue weighted by molar-refractivity contribution is 6.05. The average molecular weight is 341 g/mol. The summed E-state index contributed by atoms with van der Waals surface area (Å²) in [5.74, 6) is 0.285. The predicted octanol–water partition coefficient (Wildman–Crippen LogP) is 3.04. The minimum Gasteiger partial charge on any atom is -0.495 e. The van der Waals surface area contributed by atoms with Crippen molar-refractivity contribution in [2.24, 2.45) is 5.92 Å². The van der Waals surface area contributed by atoms with Gasteiger partial charge in [0.15, 0.2) is 0 Å². The molecule has 0 bridgehead atoms. The SMILES string of the molecule is COc1ccc(C)cc1NC(=O)c1cc(C(=O)NCC(C)C)ccn1. The first kappa shape index (κ1) is 18.4. The largest absolute Gasteiger partial charge is 0.495 e. The van der Waals surface area contributed by atoms with E-state index in [9.17, 15) is 9.59 Å². The molecule has 0 aliphatic heterocycles. The lowest BCUT2D eigenvalue weighted by atomic mass is 10.1. The molecule has 2 N–H and O–H groups in total. The standard InChI is InChI=1S/C19H23N3O3/c1-12(2)11-21-18(23)14-7-8-20-16(10-14)19(24)22-15-9-13(3)5-6-17(15)25-4/h5-10,12H,11H2,1-4H3,(H,21,23)(H,22,24). The number of benzene rings is 1. The van der Waals surface area contributed by atoms with E-state index in [1.165, 1.54) is 19.4 Å². The number of carbonyl (C=O) groups is 2. The molecule has 1 aromatic heterocycles. The second-order valence-corrected chi connectivity index (χ2v) is 6.19. The molecule has 2 aromatic rings. The van der Waals surface area contributed by atoms with Gasteiger partial charge in [0, 0.05) is 18.3 Å². The van der Waals surface area contributed by atoms with Gasteiger partial charge in [-0.15, -0.1) is 0 Å². The van der Waals surface area contributed by atoms with Crippen LogP contribution in [-0.2, 0) is 0 Å². The third kappa shape index (κ3) is 5.04. The summed E-state index contributed by atoms with van der Waals surface area (Å²) in [7, 11) is 1.54. The summed E-state index contributed by atoms with van der Waals surface area (Å²) in [6, 6.07) is 8.56. The van der Waals surface area contributed by atoms with Gasteiger partial charge in [-0.05, 0) is 42.7 Å². The fourth-order valence-electron chi connectivity index (χ4n) is 2.20. The van der Waals surface area contributed by atoms with Crippen molar-refractivity contribution in [1.29, 1.82) is 0 Å². The summed E-state index contributed by atoms with van der Waals surface area (Å²) >= 11 is 0. The van der Waals surface area contributed by atoms with Crippen LogP contribution in [0.2, 0.25) is 0 Å². The van der Waals surface area contributed by atoms with Gasteiger partial charge in [-0.25, -0.2) is 0 Å². The van der Waals surface area contributed by atoms with E-state index in [1.807, 2.05) is 32.9 Å². The normalized spacial score (nSPS) is 10.4. The third-order valence-electron chi connectivity index (χ3n) is 3.53. The predicted molar refractivity (Wildman–Crippen MR) is 97.1 cm³/mol. The van der Waals surface area contributed by atoms with Gasteiger partial charge >= 0.3 is 0 Å². The van der Waals surface area contributed by atoms with Crippen LogP contribution < -0.4 is 15.4 Å². The van der Waals surface area contributed by atoms with Gasteiger partial charge in [0.05, 0.1) is 12.8 Å². The van der Waals surface area contributed by atoms with Crippen molar-refractivity contribution in [3.8, 4) is 5.75 Å². The summed E-state index contributed by atoms with van der Waals surface area (Å²) in [5.41, 5.74) is 2.12. The van der Waals surface area contributed by atoms with Crippen molar-refractivity contribution in [3.63, 3.8) is 0 Å². The zero-order valence-electron chi connectivity index (χ0n) is 14.9. The molecule has 0 saturated heterocycles. The maximum absolute atomic E-state index is 12.5. The molecule has 0 unspecified atom stereocenters. The molecule has 0 saturated carbocycles. The average Bonchev–Trinajstić information content (AvgIpc) is 2.60. The number of aromatic nitrogens is 1. The van der Waals surface area contributed by atoms with Crippen LogP contribution in [0.1, 0.15) is 40.3 Å². The van der Waals surface area contributed by atoms with E-state index in [-0.39, 0.29) is 11.6 Å². The van der Waals surface area contributed by atoms with E-state index in [1.54, 1.807) is 12.1 Å². The highest BCUT2D eigenvalue weighted by atomic mass is 16.5. The Kier molecular flexibility index (Phi) is 6.11. The van der Waals surface area contributed by atoms with E-state index in [2.05, 4.69) is 15.6 Å². The number of amides is 2. The van der Waals surface area contributed by atoms with E-state index < -0.39 is 5.91 Å². The maximum Gasteiger partial charge on any atom is 0.274 e. The first-order valence-corrected chi connectivity index (χ1v) is 8.11. The maximum atomic E-state index is 12.5. The summed E-state index contributed by atoms with van der Waals surface area (Å²) in [6.45, 7) is 6.53. The number of pyridine rings is 1. The Hall–Kier alpha value is -2.89. The quantitative estimate of drug-likeness (QED) is 0.846.